The van der Waals surface area contributed by atoms with E-state index in [9.17, 15) is 0 Å². The van der Waals surface area contributed by atoms with Gasteiger partial charge >= 0.3 is 0 Å². The largest absolute Gasteiger partial charge is 0.316 e. The van der Waals surface area contributed by atoms with Crippen LogP contribution >= 0.6 is 0 Å². The van der Waals surface area contributed by atoms with Gasteiger partial charge in [0.25, 0.3) is 0 Å². The Morgan fingerprint density at radius 3 is 2.80 bits per heavy atom. The molecule has 0 aromatic carbocycles. The molecule has 0 aliphatic carbocycles. The van der Waals surface area contributed by atoms with Crippen molar-refractivity contribution in [3.63, 3.8) is 0 Å². The Hall–Kier alpha value is -0.0800. The van der Waals surface area contributed by atoms with E-state index in [4.69, 9.17) is 0 Å². The zero-order chi connectivity index (χ0) is 6.81. The topological polar surface area (TPSA) is 24.1 Å². The SMILES string of the molecule is C1CC2CCC(CN1)CN2. The summed E-state index contributed by atoms with van der Waals surface area (Å²) in [5, 5.41) is 7.06. The van der Waals surface area contributed by atoms with E-state index < -0.39 is 0 Å². The fourth-order valence-corrected chi connectivity index (χ4v) is 1.98. The highest BCUT2D eigenvalue weighted by Crippen LogP contribution is 2.17. The molecule has 3 rings (SSSR count). The Balaban J connectivity index is 1.94. The molecule has 2 heteroatoms. The maximum absolute atomic E-state index is 3.58. The molecule has 0 aromatic heterocycles. The molecule has 3 aliphatic rings. The van der Waals surface area contributed by atoms with Gasteiger partial charge in [0.2, 0.25) is 0 Å². The first kappa shape index (κ1) is 6.62. The van der Waals surface area contributed by atoms with E-state index in [1.54, 1.807) is 0 Å². The minimum Gasteiger partial charge on any atom is -0.316 e. The molecule has 2 unspecified atom stereocenters. The van der Waals surface area contributed by atoms with Gasteiger partial charge in [-0.1, -0.05) is 0 Å². The lowest BCUT2D eigenvalue weighted by atomic mass is 9.91. The van der Waals surface area contributed by atoms with Crippen molar-refractivity contribution in [2.45, 2.75) is 25.3 Å². The fourth-order valence-electron chi connectivity index (χ4n) is 1.98. The van der Waals surface area contributed by atoms with E-state index in [-0.39, 0.29) is 0 Å². The minimum absolute atomic E-state index is 0.823. The summed E-state index contributed by atoms with van der Waals surface area (Å²) in [6, 6.07) is 0.823. The average Bonchev–Trinajstić information content (AvgIpc) is 1.89. The first-order valence-electron chi connectivity index (χ1n) is 4.39. The molecular weight excluding hydrogens is 124 g/mol. The quantitative estimate of drug-likeness (QED) is 0.507. The van der Waals surface area contributed by atoms with E-state index in [0.717, 1.165) is 12.0 Å². The molecule has 3 heterocycles. The predicted molar refractivity (Wildman–Crippen MR) is 42.0 cm³/mol. The molecular formula is C8H16N2. The van der Waals surface area contributed by atoms with Crippen LogP contribution in [0.3, 0.4) is 0 Å². The molecule has 10 heavy (non-hydrogen) atoms. The second-order valence-electron chi connectivity index (χ2n) is 3.54. The molecule has 58 valence electrons. The highest BCUT2D eigenvalue weighted by Gasteiger charge is 2.21. The van der Waals surface area contributed by atoms with Crippen molar-refractivity contribution in [2.75, 3.05) is 19.6 Å². The van der Waals surface area contributed by atoms with E-state index in [0.29, 0.717) is 0 Å². The predicted octanol–water partition coefficient (Wildman–Crippen LogP) is 0.348. The van der Waals surface area contributed by atoms with Crippen molar-refractivity contribution in [1.82, 2.24) is 10.6 Å². The third-order valence-electron chi connectivity index (χ3n) is 2.72. The number of hydrogen-bond donors (Lipinski definition) is 2. The van der Waals surface area contributed by atoms with Crippen molar-refractivity contribution in [3.8, 4) is 0 Å². The van der Waals surface area contributed by atoms with Crippen LogP contribution in [0.5, 0.6) is 0 Å². The summed E-state index contributed by atoms with van der Waals surface area (Å²) in [7, 11) is 0. The lowest BCUT2D eigenvalue weighted by Gasteiger charge is -2.33. The summed E-state index contributed by atoms with van der Waals surface area (Å²) in [6.07, 6.45) is 4.17. The molecule has 2 bridgehead atoms. The van der Waals surface area contributed by atoms with Crippen molar-refractivity contribution in [2.24, 2.45) is 5.92 Å². The van der Waals surface area contributed by atoms with Gasteiger partial charge < -0.3 is 10.6 Å². The number of nitrogens with one attached hydrogen (secondary N) is 2. The molecule has 2 atom stereocenters. The Kier molecular flexibility index (Phi) is 1.91. The summed E-state index contributed by atoms with van der Waals surface area (Å²) in [5.74, 6) is 0.913. The van der Waals surface area contributed by atoms with E-state index in [1.165, 1.54) is 38.9 Å². The molecule has 0 aromatic rings. The highest BCUT2D eigenvalue weighted by molar-refractivity contribution is 4.82. The third-order valence-corrected chi connectivity index (χ3v) is 2.72. The van der Waals surface area contributed by atoms with Crippen molar-refractivity contribution in [3.05, 3.63) is 0 Å². The lowest BCUT2D eigenvalue weighted by Crippen LogP contribution is -2.46. The molecule has 0 radical (unpaired) electrons. The maximum Gasteiger partial charge on any atom is 0.00793 e. The Morgan fingerprint density at radius 1 is 1.00 bits per heavy atom. The summed E-state index contributed by atoms with van der Waals surface area (Å²) in [6.45, 7) is 3.70. The molecule has 2 N–H and O–H groups in total. The van der Waals surface area contributed by atoms with Gasteiger partial charge in [-0.15, -0.1) is 0 Å². The van der Waals surface area contributed by atoms with Crippen LogP contribution in [0.1, 0.15) is 19.3 Å². The average molecular weight is 140 g/mol. The van der Waals surface area contributed by atoms with Crippen LogP contribution in [0.4, 0.5) is 0 Å². The van der Waals surface area contributed by atoms with Gasteiger partial charge in [-0.3, -0.25) is 0 Å². The van der Waals surface area contributed by atoms with E-state index >= 15 is 0 Å². The Bertz CT molecular complexity index is 86.3. The van der Waals surface area contributed by atoms with E-state index in [2.05, 4.69) is 10.6 Å². The molecule has 0 amide bonds. The summed E-state index contributed by atoms with van der Waals surface area (Å²) < 4.78 is 0. The molecule has 0 spiro atoms. The van der Waals surface area contributed by atoms with E-state index in [1.807, 2.05) is 0 Å². The first-order chi connectivity index (χ1) is 4.95. The third kappa shape index (κ3) is 1.32. The van der Waals surface area contributed by atoms with Gasteiger partial charge in [0.1, 0.15) is 0 Å². The van der Waals surface area contributed by atoms with Crippen LogP contribution in [0, 0.1) is 5.92 Å². The standard InChI is InChI=1S/C8H16N2/c1-2-8-3-4-9-5-7(1)6-10-8/h7-10H,1-6H2. The summed E-state index contributed by atoms with van der Waals surface area (Å²) in [4.78, 5) is 0. The van der Waals surface area contributed by atoms with Gasteiger partial charge in [-0.05, 0) is 44.8 Å². The maximum atomic E-state index is 3.58. The second kappa shape index (κ2) is 2.89. The molecule has 3 fully saturated rings. The molecule has 3 saturated heterocycles. The second-order valence-corrected chi connectivity index (χ2v) is 3.54. The Morgan fingerprint density at radius 2 is 2.00 bits per heavy atom. The van der Waals surface area contributed by atoms with Gasteiger partial charge in [0.05, 0.1) is 0 Å². The van der Waals surface area contributed by atoms with Crippen LogP contribution in [0.25, 0.3) is 0 Å². The minimum atomic E-state index is 0.823. The Labute approximate surface area is 62.4 Å². The molecule has 0 saturated carbocycles. The summed E-state index contributed by atoms with van der Waals surface area (Å²) >= 11 is 0. The molecule has 2 nitrogen and oxygen atoms in total. The van der Waals surface area contributed by atoms with Crippen LogP contribution < -0.4 is 10.6 Å². The summed E-state index contributed by atoms with van der Waals surface area (Å²) in [5.41, 5.74) is 0. The lowest BCUT2D eigenvalue weighted by molar-refractivity contribution is 0.263. The number of fused-ring (bicyclic) bond motifs is 5. The zero-order valence-electron chi connectivity index (χ0n) is 6.40. The fraction of sp³-hybridized carbons (Fsp3) is 1.00. The van der Waals surface area contributed by atoms with Crippen LogP contribution in [-0.2, 0) is 0 Å². The van der Waals surface area contributed by atoms with Gasteiger partial charge in [0.15, 0.2) is 0 Å². The van der Waals surface area contributed by atoms with Crippen molar-refractivity contribution < 1.29 is 0 Å². The first-order valence-corrected chi connectivity index (χ1v) is 4.39. The normalized spacial score (nSPS) is 40.8. The van der Waals surface area contributed by atoms with Crippen molar-refractivity contribution >= 4 is 0 Å². The van der Waals surface area contributed by atoms with Gasteiger partial charge in [-0.25, -0.2) is 0 Å². The smallest absolute Gasteiger partial charge is 0.00793 e. The van der Waals surface area contributed by atoms with Gasteiger partial charge in [-0.2, -0.15) is 0 Å². The van der Waals surface area contributed by atoms with Crippen molar-refractivity contribution in [1.29, 1.82) is 0 Å². The monoisotopic (exact) mass is 140 g/mol. The molecule has 3 aliphatic heterocycles. The van der Waals surface area contributed by atoms with Crippen LogP contribution in [-0.4, -0.2) is 25.7 Å². The highest BCUT2D eigenvalue weighted by atomic mass is 15.0. The number of rotatable bonds is 0. The zero-order valence-corrected chi connectivity index (χ0v) is 6.40. The number of hydrogen-bond acceptors (Lipinski definition) is 2. The van der Waals surface area contributed by atoms with Gasteiger partial charge in [0, 0.05) is 6.04 Å². The van der Waals surface area contributed by atoms with Crippen LogP contribution in [0.2, 0.25) is 0 Å². The number of piperidine rings is 1. The van der Waals surface area contributed by atoms with Crippen LogP contribution in [0.15, 0.2) is 0 Å².